The number of nitrogens with zero attached hydrogens (tertiary/aromatic N) is 1. The number of carbonyl (C=O) groups excluding carboxylic acids is 1. The van der Waals surface area contributed by atoms with Crippen molar-refractivity contribution in [2.24, 2.45) is 5.92 Å². The van der Waals surface area contributed by atoms with Crippen molar-refractivity contribution < 1.29 is 4.79 Å². The van der Waals surface area contributed by atoms with E-state index >= 15 is 0 Å². The standard InChI is InChI=1S/C13H19NOS/c1-10(2)14(8-11-5-6-11)9-12(15)13-4-3-7-16-13/h3-4,7,10-11H,5-6,8-9H2,1-2H3. The number of carbonyl (C=O) groups is 1. The van der Waals surface area contributed by atoms with E-state index in [0.29, 0.717) is 12.6 Å². The summed E-state index contributed by atoms with van der Waals surface area (Å²) in [5.74, 6) is 1.11. The molecule has 0 amide bonds. The quantitative estimate of drug-likeness (QED) is 0.709. The number of ketones is 1. The van der Waals surface area contributed by atoms with Crippen LogP contribution in [-0.2, 0) is 0 Å². The van der Waals surface area contributed by atoms with Crippen LogP contribution in [-0.4, -0.2) is 29.8 Å². The summed E-state index contributed by atoms with van der Waals surface area (Å²) in [7, 11) is 0. The van der Waals surface area contributed by atoms with Gasteiger partial charge < -0.3 is 0 Å². The van der Waals surface area contributed by atoms with Crippen LogP contribution in [0.5, 0.6) is 0 Å². The summed E-state index contributed by atoms with van der Waals surface area (Å²) >= 11 is 1.54. The second-order valence-electron chi connectivity index (χ2n) is 4.87. The highest BCUT2D eigenvalue weighted by Gasteiger charge is 2.26. The molecule has 0 unspecified atom stereocenters. The molecular formula is C13H19NOS. The van der Waals surface area contributed by atoms with Crippen molar-refractivity contribution in [1.82, 2.24) is 4.90 Å². The molecule has 16 heavy (non-hydrogen) atoms. The molecule has 0 aliphatic heterocycles. The second-order valence-corrected chi connectivity index (χ2v) is 5.81. The molecule has 0 spiro atoms. The molecular weight excluding hydrogens is 218 g/mol. The average molecular weight is 237 g/mol. The molecule has 0 radical (unpaired) electrons. The molecule has 1 saturated carbocycles. The lowest BCUT2D eigenvalue weighted by atomic mass is 10.2. The molecule has 3 heteroatoms. The van der Waals surface area contributed by atoms with Gasteiger partial charge in [0.1, 0.15) is 0 Å². The SMILES string of the molecule is CC(C)N(CC(=O)c1cccs1)CC1CC1. The minimum atomic E-state index is 0.268. The van der Waals surface area contributed by atoms with Crippen molar-refractivity contribution in [2.45, 2.75) is 32.7 Å². The lowest BCUT2D eigenvalue weighted by Gasteiger charge is -2.25. The number of hydrogen-bond donors (Lipinski definition) is 0. The van der Waals surface area contributed by atoms with Gasteiger partial charge in [0.05, 0.1) is 11.4 Å². The molecule has 1 aliphatic carbocycles. The number of rotatable bonds is 6. The minimum Gasteiger partial charge on any atom is -0.293 e. The van der Waals surface area contributed by atoms with Gasteiger partial charge in [0.2, 0.25) is 0 Å². The van der Waals surface area contributed by atoms with E-state index in [0.717, 1.165) is 17.3 Å². The third-order valence-corrected chi connectivity index (χ3v) is 3.97. The van der Waals surface area contributed by atoms with E-state index in [9.17, 15) is 4.79 Å². The molecule has 88 valence electrons. The zero-order chi connectivity index (χ0) is 11.5. The van der Waals surface area contributed by atoms with Crippen molar-refractivity contribution in [3.05, 3.63) is 22.4 Å². The van der Waals surface area contributed by atoms with Gasteiger partial charge in [0.25, 0.3) is 0 Å². The molecule has 0 aromatic carbocycles. The van der Waals surface area contributed by atoms with E-state index in [4.69, 9.17) is 0 Å². The van der Waals surface area contributed by atoms with Crippen LogP contribution < -0.4 is 0 Å². The Morgan fingerprint density at radius 2 is 2.31 bits per heavy atom. The van der Waals surface area contributed by atoms with E-state index in [1.165, 1.54) is 12.8 Å². The fraction of sp³-hybridized carbons (Fsp3) is 0.615. The molecule has 1 heterocycles. The van der Waals surface area contributed by atoms with Crippen LogP contribution in [0.4, 0.5) is 0 Å². The molecule has 1 aromatic rings. The summed E-state index contributed by atoms with van der Waals surface area (Å²) in [4.78, 5) is 15.2. The van der Waals surface area contributed by atoms with Crippen molar-refractivity contribution in [1.29, 1.82) is 0 Å². The third kappa shape index (κ3) is 3.16. The van der Waals surface area contributed by atoms with E-state index < -0.39 is 0 Å². The first kappa shape index (κ1) is 11.8. The Kier molecular flexibility index (Phi) is 3.77. The van der Waals surface area contributed by atoms with Crippen LogP contribution in [0.25, 0.3) is 0 Å². The highest BCUT2D eigenvalue weighted by Crippen LogP contribution is 2.30. The van der Waals surface area contributed by atoms with Crippen LogP contribution in [0.1, 0.15) is 36.4 Å². The predicted molar refractivity (Wildman–Crippen MR) is 68.1 cm³/mol. The van der Waals surface area contributed by atoms with Gasteiger partial charge in [-0.3, -0.25) is 9.69 Å². The minimum absolute atomic E-state index is 0.268. The Hall–Kier alpha value is -0.670. The summed E-state index contributed by atoms with van der Waals surface area (Å²) in [6, 6.07) is 4.32. The summed E-state index contributed by atoms with van der Waals surface area (Å²) in [5, 5.41) is 1.97. The zero-order valence-corrected chi connectivity index (χ0v) is 10.8. The van der Waals surface area contributed by atoms with E-state index in [2.05, 4.69) is 18.7 Å². The fourth-order valence-corrected chi connectivity index (χ4v) is 2.45. The molecule has 0 N–H and O–H groups in total. The Bertz CT molecular complexity index is 341. The van der Waals surface area contributed by atoms with Crippen LogP contribution in [0, 0.1) is 5.92 Å². The van der Waals surface area contributed by atoms with Gasteiger partial charge in [-0.25, -0.2) is 0 Å². The van der Waals surface area contributed by atoms with E-state index in [1.807, 2.05) is 17.5 Å². The summed E-state index contributed by atoms with van der Waals surface area (Å²) in [6.07, 6.45) is 2.69. The van der Waals surface area contributed by atoms with Crippen LogP contribution in [0.15, 0.2) is 17.5 Å². The lowest BCUT2D eigenvalue weighted by molar-refractivity contribution is 0.0905. The first-order valence-corrected chi connectivity index (χ1v) is 6.85. The molecule has 1 fully saturated rings. The highest BCUT2D eigenvalue weighted by atomic mass is 32.1. The number of thiophene rings is 1. The van der Waals surface area contributed by atoms with Gasteiger partial charge in [-0.2, -0.15) is 0 Å². The first-order chi connectivity index (χ1) is 7.66. The zero-order valence-electron chi connectivity index (χ0n) is 9.98. The second kappa shape index (κ2) is 5.11. The number of Topliss-reactive ketones (excluding diaryl/α,β-unsaturated/α-hetero) is 1. The van der Waals surface area contributed by atoms with Crippen molar-refractivity contribution in [2.75, 3.05) is 13.1 Å². The summed E-state index contributed by atoms with van der Waals surface area (Å²) < 4.78 is 0. The molecule has 0 bridgehead atoms. The van der Waals surface area contributed by atoms with Crippen LogP contribution in [0.2, 0.25) is 0 Å². The highest BCUT2D eigenvalue weighted by molar-refractivity contribution is 7.12. The normalized spacial score (nSPS) is 16.0. The predicted octanol–water partition coefficient (Wildman–Crippen LogP) is 3.05. The van der Waals surface area contributed by atoms with Crippen LogP contribution in [0.3, 0.4) is 0 Å². The Balaban J connectivity index is 1.91. The maximum Gasteiger partial charge on any atom is 0.186 e. The molecule has 0 atom stereocenters. The maximum absolute atomic E-state index is 12.0. The number of hydrogen-bond acceptors (Lipinski definition) is 3. The molecule has 2 nitrogen and oxygen atoms in total. The van der Waals surface area contributed by atoms with Crippen LogP contribution >= 0.6 is 11.3 Å². The Morgan fingerprint density at radius 1 is 1.56 bits per heavy atom. The fourth-order valence-electron chi connectivity index (χ4n) is 1.79. The lowest BCUT2D eigenvalue weighted by Crippen LogP contribution is -2.37. The largest absolute Gasteiger partial charge is 0.293 e. The average Bonchev–Trinajstić information content (AvgIpc) is 2.89. The van der Waals surface area contributed by atoms with E-state index in [1.54, 1.807) is 11.3 Å². The van der Waals surface area contributed by atoms with Gasteiger partial charge in [-0.05, 0) is 44.1 Å². The molecule has 1 aromatic heterocycles. The molecule has 2 rings (SSSR count). The summed E-state index contributed by atoms with van der Waals surface area (Å²) in [6.45, 7) is 6.01. The van der Waals surface area contributed by atoms with Crippen molar-refractivity contribution in [3.8, 4) is 0 Å². The van der Waals surface area contributed by atoms with Gasteiger partial charge in [-0.15, -0.1) is 11.3 Å². The molecule has 0 saturated heterocycles. The van der Waals surface area contributed by atoms with Gasteiger partial charge >= 0.3 is 0 Å². The van der Waals surface area contributed by atoms with E-state index in [-0.39, 0.29) is 5.78 Å². The smallest absolute Gasteiger partial charge is 0.186 e. The topological polar surface area (TPSA) is 20.3 Å². The maximum atomic E-state index is 12.0. The molecule has 1 aliphatic rings. The van der Waals surface area contributed by atoms with Crippen molar-refractivity contribution in [3.63, 3.8) is 0 Å². The Morgan fingerprint density at radius 3 is 2.81 bits per heavy atom. The van der Waals surface area contributed by atoms with Gasteiger partial charge in [0, 0.05) is 12.6 Å². The Labute approximate surface area is 101 Å². The van der Waals surface area contributed by atoms with Gasteiger partial charge in [-0.1, -0.05) is 6.07 Å². The monoisotopic (exact) mass is 237 g/mol. The summed E-state index contributed by atoms with van der Waals surface area (Å²) in [5.41, 5.74) is 0. The first-order valence-electron chi connectivity index (χ1n) is 5.97. The van der Waals surface area contributed by atoms with Gasteiger partial charge in [0.15, 0.2) is 5.78 Å². The van der Waals surface area contributed by atoms with Crippen molar-refractivity contribution >= 4 is 17.1 Å². The third-order valence-electron chi connectivity index (χ3n) is 3.06.